The van der Waals surface area contributed by atoms with Gasteiger partial charge in [-0.05, 0) is 12.1 Å². The van der Waals surface area contributed by atoms with Gasteiger partial charge in [-0.1, -0.05) is 29.3 Å². The Morgan fingerprint density at radius 2 is 2.19 bits per heavy atom. The van der Waals surface area contributed by atoms with Crippen molar-refractivity contribution < 1.29 is 22.1 Å². The Morgan fingerprint density at radius 1 is 1.42 bits per heavy atom. The fourth-order valence-electron chi connectivity index (χ4n) is 2.48. The minimum atomic E-state index is -3.58. The SMILES string of the molecule is CS(=O)(=O)OC[C@H]1CO[C@](Cn2cncn2)(c2ccc(Cl)cc2Cl)O1.Cl. The molecule has 0 bridgehead atoms. The van der Waals surface area contributed by atoms with Crippen LogP contribution in [0.1, 0.15) is 5.56 Å². The summed E-state index contributed by atoms with van der Waals surface area (Å²) in [6.45, 7) is 0.135. The van der Waals surface area contributed by atoms with Crippen molar-refractivity contribution in [2.45, 2.75) is 18.4 Å². The van der Waals surface area contributed by atoms with E-state index < -0.39 is 22.0 Å². The maximum absolute atomic E-state index is 11.2. The molecule has 2 heterocycles. The summed E-state index contributed by atoms with van der Waals surface area (Å²) >= 11 is 12.3. The lowest BCUT2D eigenvalue weighted by Gasteiger charge is -2.29. The van der Waals surface area contributed by atoms with Crippen LogP contribution in [0.2, 0.25) is 10.0 Å². The summed E-state index contributed by atoms with van der Waals surface area (Å²) in [4.78, 5) is 3.90. The Kier molecular flexibility index (Phi) is 6.89. The van der Waals surface area contributed by atoms with Crippen molar-refractivity contribution in [1.82, 2.24) is 14.8 Å². The van der Waals surface area contributed by atoms with Crippen molar-refractivity contribution in [1.29, 1.82) is 0 Å². The maximum atomic E-state index is 11.2. The molecule has 0 aliphatic carbocycles. The van der Waals surface area contributed by atoms with Gasteiger partial charge in [0, 0.05) is 10.6 Å². The highest BCUT2D eigenvalue weighted by Gasteiger charge is 2.45. The summed E-state index contributed by atoms with van der Waals surface area (Å²) in [5.74, 6) is -1.26. The fourth-order valence-corrected chi connectivity index (χ4v) is 3.43. The number of nitrogens with zero attached hydrogens (tertiary/aromatic N) is 3. The summed E-state index contributed by atoms with van der Waals surface area (Å²) in [5.41, 5.74) is 0.552. The van der Waals surface area contributed by atoms with Crippen LogP contribution in [0.3, 0.4) is 0 Å². The van der Waals surface area contributed by atoms with E-state index in [-0.39, 0.29) is 32.2 Å². The highest BCUT2D eigenvalue weighted by molar-refractivity contribution is 7.85. The molecule has 2 aromatic rings. The Bertz CT molecular complexity index is 850. The first-order valence-corrected chi connectivity index (χ1v) is 9.79. The number of aromatic nitrogens is 3. The molecular formula is C14H16Cl3N3O5S. The van der Waals surface area contributed by atoms with Crippen LogP contribution < -0.4 is 0 Å². The van der Waals surface area contributed by atoms with E-state index in [4.69, 9.17) is 36.9 Å². The molecule has 0 N–H and O–H groups in total. The van der Waals surface area contributed by atoms with E-state index in [2.05, 4.69) is 10.1 Å². The molecule has 26 heavy (non-hydrogen) atoms. The third-order valence-electron chi connectivity index (χ3n) is 3.51. The van der Waals surface area contributed by atoms with E-state index in [1.807, 2.05) is 0 Å². The molecule has 1 aromatic carbocycles. The number of hydrogen-bond donors (Lipinski definition) is 0. The van der Waals surface area contributed by atoms with Crippen molar-refractivity contribution in [3.63, 3.8) is 0 Å². The monoisotopic (exact) mass is 443 g/mol. The Morgan fingerprint density at radius 3 is 2.81 bits per heavy atom. The molecule has 0 spiro atoms. The molecule has 144 valence electrons. The molecule has 1 aromatic heterocycles. The number of rotatable bonds is 6. The summed E-state index contributed by atoms with van der Waals surface area (Å²) in [6, 6.07) is 4.94. The largest absolute Gasteiger partial charge is 0.342 e. The van der Waals surface area contributed by atoms with Crippen molar-refractivity contribution in [3.8, 4) is 0 Å². The van der Waals surface area contributed by atoms with Crippen molar-refractivity contribution in [2.75, 3.05) is 19.5 Å². The zero-order chi connectivity index (χ0) is 18.1. The third kappa shape index (κ3) is 5.07. The first-order chi connectivity index (χ1) is 11.8. The average molecular weight is 445 g/mol. The van der Waals surface area contributed by atoms with Crippen LogP contribution in [0.15, 0.2) is 30.9 Å². The fraction of sp³-hybridized carbons (Fsp3) is 0.429. The average Bonchev–Trinajstić information content (AvgIpc) is 3.15. The normalized spacial score (nSPS) is 23.0. The zero-order valence-corrected chi connectivity index (χ0v) is 16.7. The van der Waals surface area contributed by atoms with Gasteiger partial charge in [0.15, 0.2) is 0 Å². The lowest BCUT2D eigenvalue weighted by molar-refractivity contribution is -0.190. The molecule has 1 fully saturated rings. The number of ether oxygens (including phenoxy) is 2. The molecule has 2 atom stereocenters. The van der Waals surface area contributed by atoms with Gasteiger partial charge >= 0.3 is 0 Å². The van der Waals surface area contributed by atoms with Gasteiger partial charge in [-0.25, -0.2) is 9.67 Å². The predicted molar refractivity (Wildman–Crippen MR) is 97.0 cm³/mol. The summed E-state index contributed by atoms with van der Waals surface area (Å²) in [6.07, 6.45) is 3.28. The molecule has 1 aliphatic rings. The molecule has 12 heteroatoms. The molecule has 3 rings (SSSR count). The molecule has 8 nitrogen and oxygen atoms in total. The molecule has 0 amide bonds. The Labute approximate surface area is 166 Å². The van der Waals surface area contributed by atoms with Crippen molar-refractivity contribution in [2.24, 2.45) is 0 Å². The molecule has 0 radical (unpaired) electrons. The molecule has 1 saturated heterocycles. The van der Waals surface area contributed by atoms with Crippen LogP contribution in [0, 0.1) is 0 Å². The van der Waals surface area contributed by atoms with E-state index in [0.717, 1.165) is 6.26 Å². The van der Waals surface area contributed by atoms with E-state index >= 15 is 0 Å². The van der Waals surface area contributed by atoms with Crippen LogP contribution >= 0.6 is 35.6 Å². The number of halogens is 3. The standard InChI is InChI=1S/C14H15Cl2N3O5S.ClH/c1-25(20,21)23-6-11-5-22-14(24-11,7-19-9-17-8-18-19)12-3-2-10(15)4-13(12)16;/h2-4,8-9,11H,5-7H2,1H3;1H/t11-,14+;/m1./s1. The van der Waals surface area contributed by atoms with Gasteiger partial charge < -0.3 is 9.47 Å². The first kappa shape index (κ1) is 21.4. The van der Waals surface area contributed by atoms with Gasteiger partial charge in [0.1, 0.15) is 25.3 Å². The van der Waals surface area contributed by atoms with Gasteiger partial charge in [0.05, 0.1) is 24.5 Å². The Hall–Kier alpha value is -0.940. The molecule has 0 unspecified atom stereocenters. The topological polar surface area (TPSA) is 92.5 Å². The van der Waals surface area contributed by atoms with Gasteiger partial charge in [-0.3, -0.25) is 4.18 Å². The lowest BCUT2D eigenvalue weighted by atomic mass is 10.1. The highest BCUT2D eigenvalue weighted by atomic mass is 35.5. The summed E-state index contributed by atoms with van der Waals surface area (Å²) < 4.78 is 40.6. The predicted octanol–water partition coefficient (Wildman–Crippen LogP) is 2.25. The molecule has 1 aliphatic heterocycles. The van der Waals surface area contributed by atoms with E-state index in [0.29, 0.717) is 15.6 Å². The van der Waals surface area contributed by atoms with E-state index in [1.165, 1.54) is 17.3 Å². The second kappa shape index (κ2) is 8.39. The highest BCUT2D eigenvalue weighted by Crippen LogP contribution is 2.40. The minimum absolute atomic E-state index is 0. The molecular weight excluding hydrogens is 429 g/mol. The zero-order valence-electron chi connectivity index (χ0n) is 13.5. The second-order valence-corrected chi connectivity index (χ2v) is 8.00. The lowest BCUT2D eigenvalue weighted by Crippen LogP contribution is -2.35. The van der Waals surface area contributed by atoms with Crippen LogP contribution in [-0.4, -0.2) is 48.8 Å². The summed E-state index contributed by atoms with van der Waals surface area (Å²) in [5, 5.41) is 4.89. The summed E-state index contributed by atoms with van der Waals surface area (Å²) in [7, 11) is -3.58. The Balaban J connectivity index is 0.00000243. The smallest absolute Gasteiger partial charge is 0.264 e. The maximum Gasteiger partial charge on any atom is 0.264 e. The van der Waals surface area contributed by atoms with Gasteiger partial charge in [0.25, 0.3) is 10.1 Å². The van der Waals surface area contributed by atoms with E-state index in [1.54, 1.807) is 18.2 Å². The number of benzene rings is 1. The van der Waals surface area contributed by atoms with Gasteiger partial charge in [-0.15, -0.1) is 12.4 Å². The number of hydrogen-bond acceptors (Lipinski definition) is 7. The van der Waals surface area contributed by atoms with Gasteiger partial charge in [-0.2, -0.15) is 13.5 Å². The van der Waals surface area contributed by atoms with Crippen LogP contribution in [0.5, 0.6) is 0 Å². The quantitative estimate of drug-likeness (QED) is 0.631. The van der Waals surface area contributed by atoms with Gasteiger partial charge in [0.2, 0.25) is 5.79 Å². The minimum Gasteiger partial charge on any atom is -0.342 e. The third-order valence-corrected chi connectivity index (χ3v) is 4.62. The van der Waals surface area contributed by atoms with Crippen molar-refractivity contribution >= 4 is 45.7 Å². The first-order valence-electron chi connectivity index (χ1n) is 7.21. The molecule has 0 saturated carbocycles. The van der Waals surface area contributed by atoms with Crippen LogP contribution in [-0.2, 0) is 36.1 Å². The second-order valence-electron chi connectivity index (χ2n) is 5.51. The van der Waals surface area contributed by atoms with Crippen LogP contribution in [0.4, 0.5) is 0 Å². The van der Waals surface area contributed by atoms with Crippen molar-refractivity contribution in [3.05, 3.63) is 46.5 Å². The van der Waals surface area contributed by atoms with Crippen LogP contribution in [0.25, 0.3) is 0 Å². The van der Waals surface area contributed by atoms with E-state index in [9.17, 15) is 8.42 Å².